The number of benzene rings is 2. The molecule has 30 heavy (non-hydrogen) atoms. The minimum atomic E-state index is -0.422. The molecule has 0 saturated heterocycles. The van der Waals surface area contributed by atoms with Crippen molar-refractivity contribution in [1.29, 1.82) is 0 Å². The third-order valence-corrected chi connectivity index (χ3v) is 4.91. The van der Waals surface area contributed by atoms with Gasteiger partial charge < -0.3 is 10.6 Å². The highest BCUT2D eigenvalue weighted by molar-refractivity contribution is 5.96. The van der Waals surface area contributed by atoms with Gasteiger partial charge in [0.1, 0.15) is 5.82 Å². The Bertz CT molecular complexity index is 1060. The topological polar surface area (TPSA) is 76.0 Å². The van der Waals surface area contributed by atoms with Crippen LogP contribution in [0.2, 0.25) is 0 Å². The van der Waals surface area contributed by atoms with Gasteiger partial charge in [0.25, 0.3) is 11.8 Å². The van der Waals surface area contributed by atoms with E-state index in [2.05, 4.69) is 15.7 Å². The van der Waals surface area contributed by atoms with Gasteiger partial charge in [-0.1, -0.05) is 36.4 Å². The van der Waals surface area contributed by atoms with E-state index in [9.17, 15) is 14.0 Å². The summed E-state index contributed by atoms with van der Waals surface area (Å²) in [4.78, 5) is 24.7. The first-order valence-electron chi connectivity index (χ1n) is 9.77. The minimum absolute atomic E-state index is 0.232. The molecule has 0 spiro atoms. The Balaban J connectivity index is 1.55. The number of nitrogens with zero attached hydrogens (tertiary/aromatic N) is 2. The Labute approximate surface area is 175 Å². The van der Waals surface area contributed by atoms with Crippen LogP contribution in [-0.2, 0) is 6.54 Å². The van der Waals surface area contributed by atoms with Crippen LogP contribution < -0.4 is 10.6 Å². The lowest BCUT2D eigenvalue weighted by molar-refractivity contribution is 0.0926. The molecule has 0 saturated carbocycles. The average Bonchev–Trinajstić information content (AvgIpc) is 3.00. The number of amides is 2. The fourth-order valence-corrected chi connectivity index (χ4v) is 3.21. The second-order valence-corrected chi connectivity index (χ2v) is 7.16. The van der Waals surface area contributed by atoms with E-state index in [1.807, 2.05) is 41.9 Å². The average molecular weight is 408 g/mol. The zero-order valence-corrected chi connectivity index (χ0v) is 17.3. The summed E-state index contributed by atoms with van der Waals surface area (Å²) < 4.78 is 15.4. The number of carbonyl (C=O) groups is 2. The molecule has 0 aliphatic rings. The van der Waals surface area contributed by atoms with E-state index >= 15 is 0 Å². The number of halogens is 1. The molecule has 3 rings (SSSR count). The van der Waals surface area contributed by atoms with Crippen molar-refractivity contribution in [3.05, 3.63) is 88.0 Å². The maximum absolute atomic E-state index is 13.6. The molecule has 7 heteroatoms. The van der Waals surface area contributed by atoms with Gasteiger partial charge in [0.05, 0.1) is 17.8 Å². The molecule has 3 aromatic rings. The SMILES string of the molecule is Cc1ccc(C(=O)NCCNC(=O)c2c(C)nn(Cc3ccccc3)c2C)cc1F. The quantitative estimate of drug-likeness (QED) is 0.590. The first kappa shape index (κ1) is 21.2. The van der Waals surface area contributed by atoms with E-state index in [-0.39, 0.29) is 30.5 Å². The van der Waals surface area contributed by atoms with Crippen molar-refractivity contribution >= 4 is 11.8 Å². The molecular weight excluding hydrogens is 383 g/mol. The minimum Gasteiger partial charge on any atom is -0.350 e. The van der Waals surface area contributed by atoms with Crippen LogP contribution in [0.25, 0.3) is 0 Å². The van der Waals surface area contributed by atoms with Crippen LogP contribution in [0, 0.1) is 26.6 Å². The molecule has 0 aliphatic heterocycles. The lowest BCUT2D eigenvalue weighted by atomic mass is 10.1. The molecule has 1 aromatic heterocycles. The Morgan fingerprint density at radius 3 is 2.30 bits per heavy atom. The molecule has 2 amide bonds. The molecular formula is C23H25FN4O2. The Hall–Kier alpha value is -3.48. The number of carbonyl (C=O) groups excluding carboxylic acids is 2. The smallest absolute Gasteiger partial charge is 0.255 e. The summed E-state index contributed by atoms with van der Waals surface area (Å²) in [5, 5.41) is 9.97. The lowest BCUT2D eigenvalue weighted by Crippen LogP contribution is -2.35. The number of hydrogen-bond donors (Lipinski definition) is 2. The molecule has 1 heterocycles. The number of aromatic nitrogens is 2. The monoisotopic (exact) mass is 408 g/mol. The largest absolute Gasteiger partial charge is 0.350 e. The van der Waals surface area contributed by atoms with Crippen LogP contribution in [0.15, 0.2) is 48.5 Å². The normalized spacial score (nSPS) is 10.7. The van der Waals surface area contributed by atoms with Crippen LogP contribution in [0.5, 0.6) is 0 Å². The molecule has 6 nitrogen and oxygen atoms in total. The Kier molecular flexibility index (Phi) is 6.61. The molecule has 2 aromatic carbocycles. The van der Waals surface area contributed by atoms with Crippen molar-refractivity contribution < 1.29 is 14.0 Å². The van der Waals surface area contributed by atoms with E-state index in [1.165, 1.54) is 6.07 Å². The van der Waals surface area contributed by atoms with Crippen molar-refractivity contribution in [2.45, 2.75) is 27.3 Å². The van der Waals surface area contributed by atoms with Crippen LogP contribution in [-0.4, -0.2) is 34.7 Å². The van der Waals surface area contributed by atoms with Gasteiger partial charge in [0.2, 0.25) is 0 Å². The highest BCUT2D eigenvalue weighted by atomic mass is 19.1. The number of aryl methyl sites for hydroxylation is 2. The van der Waals surface area contributed by atoms with Crippen molar-refractivity contribution in [3.63, 3.8) is 0 Å². The molecule has 0 fully saturated rings. The van der Waals surface area contributed by atoms with Gasteiger partial charge >= 0.3 is 0 Å². The van der Waals surface area contributed by atoms with Gasteiger partial charge in [0.15, 0.2) is 0 Å². The van der Waals surface area contributed by atoms with Gasteiger partial charge in [-0.2, -0.15) is 5.10 Å². The summed E-state index contributed by atoms with van der Waals surface area (Å²) in [6.45, 7) is 6.38. The molecule has 2 N–H and O–H groups in total. The van der Waals surface area contributed by atoms with Crippen molar-refractivity contribution in [1.82, 2.24) is 20.4 Å². The first-order chi connectivity index (χ1) is 14.4. The van der Waals surface area contributed by atoms with Crippen LogP contribution >= 0.6 is 0 Å². The summed E-state index contributed by atoms with van der Waals surface area (Å²) in [6, 6.07) is 14.2. The summed E-state index contributed by atoms with van der Waals surface area (Å²) in [5.74, 6) is -1.04. The van der Waals surface area contributed by atoms with Gasteiger partial charge in [0, 0.05) is 24.3 Å². The summed E-state index contributed by atoms with van der Waals surface area (Å²) >= 11 is 0. The standard InChI is InChI=1S/C23H25FN4O2/c1-15-9-10-19(13-20(15)24)22(29)25-11-12-26-23(30)21-16(2)27-28(17(21)3)14-18-7-5-4-6-8-18/h4-10,13H,11-12,14H2,1-3H3,(H,25,29)(H,26,30). The molecule has 0 unspecified atom stereocenters. The van der Waals surface area contributed by atoms with Gasteiger partial charge in [-0.15, -0.1) is 0 Å². The van der Waals surface area contributed by atoms with Gasteiger partial charge in [-0.05, 0) is 44.0 Å². The maximum Gasteiger partial charge on any atom is 0.255 e. The second-order valence-electron chi connectivity index (χ2n) is 7.16. The molecule has 0 aliphatic carbocycles. The first-order valence-corrected chi connectivity index (χ1v) is 9.77. The van der Waals surface area contributed by atoms with E-state index in [4.69, 9.17) is 0 Å². The lowest BCUT2D eigenvalue weighted by Gasteiger charge is -2.09. The third-order valence-electron chi connectivity index (χ3n) is 4.91. The summed E-state index contributed by atoms with van der Waals surface area (Å²) in [5.41, 5.74) is 3.81. The van der Waals surface area contributed by atoms with Crippen LogP contribution in [0.4, 0.5) is 4.39 Å². The number of hydrogen-bond acceptors (Lipinski definition) is 3. The predicted octanol–water partition coefficient (Wildman–Crippen LogP) is 3.16. The van der Waals surface area contributed by atoms with Crippen LogP contribution in [0.1, 0.15) is 43.2 Å². The zero-order chi connectivity index (χ0) is 21.7. The Morgan fingerprint density at radius 1 is 0.967 bits per heavy atom. The number of rotatable bonds is 7. The molecule has 156 valence electrons. The fraction of sp³-hybridized carbons (Fsp3) is 0.261. The second kappa shape index (κ2) is 9.35. The summed E-state index contributed by atoms with van der Waals surface area (Å²) in [7, 11) is 0. The highest BCUT2D eigenvalue weighted by Crippen LogP contribution is 2.15. The zero-order valence-electron chi connectivity index (χ0n) is 17.3. The third kappa shape index (κ3) is 4.92. The molecule has 0 bridgehead atoms. The van der Waals surface area contributed by atoms with E-state index in [0.717, 1.165) is 11.3 Å². The van der Waals surface area contributed by atoms with Gasteiger partial charge in [-0.3, -0.25) is 14.3 Å². The predicted molar refractivity (Wildman–Crippen MR) is 113 cm³/mol. The van der Waals surface area contributed by atoms with Crippen molar-refractivity contribution in [2.75, 3.05) is 13.1 Å². The van der Waals surface area contributed by atoms with E-state index < -0.39 is 5.82 Å². The number of nitrogens with one attached hydrogen (secondary N) is 2. The molecule has 0 radical (unpaired) electrons. The van der Waals surface area contributed by atoms with E-state index in [0.29, 0.717) is 23.4 Å². The van der Waals surface area contributed by atoms with E-state index in [1.54, 1.807) is 26.0 Å². The van der Waals surface area contributed by atoms with Gasteiger partial charge in [-0.25, -0.2) is 4.39 Å². The highest BCUT2D eigenvalue weighted by Gasteiger charge is 2.18. The van der Waals surface area contributed by atoms with Crippen molar-refractivity contribution in [2.24, 2.45) is 0 Å². The summed E-state index contributed by atoms with van der Waals surface area (Å²) in [6.07, 6.45) is 0. The van der Waals surface area contributed by atoms with Crippen LogP contribution in [0.3, 0.4) is 0 Å². The Morgan fingerprint density at radius 2 is 1.63 bits per heavy atom. The van der Waals surface area contributed by atoms with Crippen molar-refractivity contribution in [3.8, 4) is 0 Å². The maximum atomic E-state index is 13.6. The molecule has 0 atom stereocenters. The fourth-order valence-electron chi connectivity index (χ4n) is 3.21.